The Kier molecular flexibility index (Phi) is 3.52. The van der Waals surface area contributed by atoms with Gasteiger partial charge in [0.2, 0.25) is 0 Å². The minimum atomic E-state index is 0.157. The number of aromatic amines is 1. The molecule has 2 N–H and O–H groups in total. The van der Waals surface area contributed by atoms with Crippen LogP contribution in [0.3, 0.4) is 0 Å². The predicted octanol–water partition coefficient (Wildman–Crippen LogP) is 2.63. The molecule has 0 aliphatic carbocycles. The molecule has 0 aliphatic heterocycles. The van der Waals surface area contributed by atoms with Gasteiger partial charge in [0, 0.05) is 18.9 Å². The van der Waals surface area contributed by atoms with Gasteiger partial charge in [-0.2, -0.15) is 0 Å². The van der Waals surface area contributed by atoms with Crippen LogP contribution in [0.4, 0.5) is 0 Å². The first kappa shape index (κ1) is 12.9. The number of aromatic nitrogens is 4. The van der Waals surface area contributed by atoms with Crippen molar-refractivity contribution in [3.05, 3.63) is 48.3 Å². The molecule has 1 atom stereocenters. The van der Waals surface area contributed by atoms with Crippen molar-refractivity contribution in [1.82, 2.24) is 24.8 Å². The Labute approximate surface area is 118 Å². The molecule has 3 aromatic rings. The first-order valence-electron chi connectivity index (χ1n) is 6.96. The Hall–Kier alpha value is -2.14. The lowest BCUT2D eigenvalue weighted by atomic mass is 10.3. The first-order chi connectivity index (χ1) is 9.78. The van der Waals surface area contributed by atoms with Gasteiger partial charge in [-0.15, -0.1) is 0 Å². The fourth-order valence-electron chi connectivity index (χ4n) is 2.31. The van der Waals surface area contributed by atoms with E-state index in [1.807, 2.05) is 36.7 Å². The molecule has 3 rings (SSSR count). The van der Waals surface area contributed by atoms with Crippen molar-refractivity contribution < 1.29 is 0 Å². The highest BCUT2D eigenvalue weighted by Crippen LogP contribution is 2.15. The first-order valence-corrected chi connectivity index (χ1v) is 6.96. The van der Waals surface area contributed by atoms with E-state index < -0.39 is 0 Å². The number of para-hydroxylation sites is 2. The third-order valence-electron chi connectivity index (χ3n) is 3.53. The molecule has 0 amide bonds. The molecule has 20 heavy (non-hydrogen) atoms. The second-order valence-electron chi connectivity index (χ2n) is 4.87. The number of H-pyrrole nitrogens is 1. The molecule has 0 saturated heterocycles. The number of nitrogens with one attached hydrogen (secondary N) is 2. The maximum atomic E-state index is 4.61. The molecule has 2 heterocycles. The summed E-state index contributed by atoms with van der Waals surface area (Å²) in [7, 11) is 0. The van der Waals surface area contributed by atoms with Crippen molar-refractivity contribution in [1.29, 1.82) is 0 Å². The molecular weight excluding hydrogens is 250 g/mol. The highest BCUT2D eigenvalue weighted by atomic mass is 15.1. The summed E-state index contributed by atoms with van der Waals surface area (Å²) in [6.07, 6.45) is 3.84. The van der Waals surface area contributed by atoms with Gasteiger partial charge in [0.15, 0.2) is 0 Å². The van der Waals surface area contributed by atoms with E-state index in [9.17, 15) is 0 Å². The van der Waals surface area contributed by atoms with E-state index in [0.29, 0.717) is 0 Å². The molecule has 1 unspecified atom stereocenters. The predicted molar refractivity (Wildman–Crippen MR) is 79.2 cm³/mol. The van der Waals surface area contributed by atoms with Gasteiger partial charge in [0.05, 0.1) is 23.6 Å². The highest BCUT2D eigenvalue weighted by molar-refractivity contribution is 5.74. The van der Waals surface area contributed by atoms with Crippen LogP contribution in [0.1, 0.15) is 31.5 Å². The van der Waals surface area contributed by atoms with Crippen molar-refractivity contribution in [2.24, 2.45) is 0 Å². The number of hydrogen-bond donors (Lipinski definition) is 2. The van der Waals surface area contributed by atoms with Crippen molar-refractivity contribution in [3.63, 3.8) is 0 Å². The second-order valence-corrected chi connectivity index (χ2v) is 4.87. The number of nitrogens with zero attached hydrogens (tertiary/aromatic N) is 3. The van der Waals surface area contributed by atoms with Crippen LogP contribution in [0.2, 0.25) is 0 Å². The minimum absolute atomic E-state index is 0.157. The third kappa shape index (κ3) is 2.44. The van der Waals surface area contributed by atoms with Crippen LogP contribution in [-0.2, 0) is 13.1 Å². The van der Waals surface area contributed by atoms with Crippen LogP contribution in [-0.4, -0.2) is 19.5 Å². The lowest BCUT2D eigenvalue weighted by Crippen LogP contribution is -2.21. The maximum absolute atomic E-state index is 4.61. The molecule has 5 heteroatoms. The van der Waals surface area contributed by atoms with E-state index >= 15 is 0 Å². The molecule has 0 saturated carbocycles. The zero-order chi connectivity index (χ0) is 13.9. The largest absolute Gasteiger partial charge is 0.341 e. The number of rotatable bonds is 5. The number of fused-ring (bicyclic) bond motifs is 1. The molecule has 0 aliphatic rings. The summed E-state index contributed by atoms with van der Waals surface area (Å²) in [5.41, 5.74) is 2.08. The van der Waals surface area contributed by atoms with E-state index in [4.69, 9.17) is 0 Å². The van der Waals surface area contributed by atoms with Crippen LogP contribution >= 0.6 is 0 Å². The monoisotopic (exact) mass is 269 g/mol. The van der Waals surface area contributed by atoms with E-state index in [-0.39, 0.29) is 6.04 Å². The van der Waals surface area contributed by atoms with Gasteiger partial charge >= 0.3 is 0 Å². The summed E-state index contributed by atoms with van der Waals surface area (Å²) in [6.45, 7) is 5.90. The van der Waals surface area contributed by atoms with Crippen LogP contribution < -0.4 is 5.32 Å². The van der Waals surface area contributed by atoms with Crippen molar-refractivity contribution in [3.8, 4) is 0 Å². The average molecular weight is 269 g/mol. The van der Waals surface area contributed by atoms with Gasteiger partial charge in [-0.25, -0.2) is 9.97 Å². The molecule has 5 nitrogen and oxygen atoms in total. The van der Waals surface area contributed by atoms with Gasteiger partial charge in [0.25, 0.3) is 0 Å². The van der Waals surface area contributed by atoms with E-state index in [2.05, 4.69) is 38.7 Å². The van der Waals surface area contributed by atoms with Gasteiger partial charge in [-0.1, -0.05) is 12.1 Å². The zero-order valence-corrected chi connectivity index (χ0v) is 11.8. The molecule has 0 bridgehead atoms. The Morgan fingerprint density at radius 2 is 2.20 bits per heavy atom. The molecule has 0 fully saturated rings. The minimum Gasteiger partial charge on any atom is -0.341 e. The second kappa shape index (κ2) is 5.46. The normalized spacial score (nSPS) is 12.9. The Morgan fingerprint density at radius 1 is 1.35 bits per heavy atom. The Morgan fingerprint density at radius 3 is 3.00 bits per heavy atom. The van der Waals surface area contributed by atoms with Crippen LogP contribution in [0.15, 0.2) is 36.7 Å². The number of hydrogen-bond acceptors (Lipinski definition) is 3. The number of imidazole rings is 2. The molecule has 104 valence electrons. The van der Waals surface area contributed by atoms with Crippen LogP contribution in [0.5, 0.6) is 0 Å². The fourth-order valence-corrected chi connectivity index (χ4v) is 2.31. The topological polar surface area (TPSA) is 58.5 Å². The molecular formula is C15H19N5. The highest BCUT2D eigenvalue weighted by Gasteiger charge is 2.11. The third-order valence-corrected chi connectivity index (χ3v) is 3.53. The van der Waals surface area contributed by atoms with Gasteiger partial charge in [0.1, 0.15) is 11.6 Å². The van der Waals surface area contributed by atoms with Crippen molar-refractivity contribution >= 4 is 11.0 Å². The van der Waals surface area contributed by atoms with Crippen LogP contribution in [0.25, 0.3) is 11.0 Å². The zero-order valence-electron chi connectivity index (χ0n) is 11.8. The summed E-state index contributed by atoms with van der Waals surface area (Å²) >= 11 is 0. The van der Waals surface area contributed by atoms with E-state index in [0.717, 1.165) is 35.8 Å². The van der Waals surface area contributed by atoms with E-state index in [1.54, 1.807) is 0 Å². The van der Waals surface area contributed by atoms with Crippen molar-refractivity contribution in [2.75, 3.05) is 0 Å². The summed E-state index contributed by atoms with van der Waals surface area (Å²) in [6, 6.07) is 8.24. The maximum Gasteiger partial charge on any atom is 0.124 e. The van der Waals surface area contributed by atoms with Gasteiger partial charge in [-0.05, 0) is 26.0 Å². The fraction of sp³-hybridized carbons (Fsp3) is 0.333. The smallest absolute Gasteiger partial charge is 0.124 e. The molecule has 0 spiro atoms. The number of aryl methyl sites for hydroxylation is 1. The molecule has 0 radical (unpaired) electrons. The lowest BCUT2D eigenvalue weighted by molar-refractivity contribution is 0.524. The average Bonchev–Trinajstić information content (AvgIpc) is 3.10. The quantitative estimate of drug-likeness (QED) is 0.748. The molecule has 2 aromatic heterocycles. The summed E-state index contributed by atoms with van der Waals surface area (Å²) in [5, 5.41) is 3.46. The van der Waals surface area contributed by atoms with E-state index in [1.165, 1.54) is 0 Å². The summed E-state index contributed by atoms with van der Waals surface area (Å²) < 4.78 is 2.14. The standard InChI is InChI=1S/C15H19N5/c1-3-20-9-8-16-14(20)10-17-11(2)15-18-12-6-4-5-7-13(12)19-15/h4-9,11,17H,3,10H2,1-2H3,(H,18,19). The lowest BCUT2D eigenvalue weighted by Gasteiger charge is -2.11. The van der Waals surface area contributed by atoms with Gasteiger partial charge in [-0.3, -0.25) is 0 Å². The van der Waals surface area contributed by atoms with Crippen molar-refractivity contribution in [2.45, 2.75) is 33.0 Å². The van der Waals surface area contributed by atoms with Gasteiger partial charge < -0.3 is 14.9 Å². The Balaban J connectivity index is 1.71. The summed E-state index contributed by atoms with van der Waals surface area (Å²) in [5.74, 6) is 2.01. The Bertz CT molecular complexity index is 664. The van der Waals surface area contributed by atoms with Crippen LogP contribution in [0, 0.1) is 0 Å². The number of benzene rings is 1. The summed E-state index contributed by atoms with van der Waals surface area (Å²) in [4.78, 5) is 12.3. The molecule has 1 aromatic carbocycles. The SMILES string of the molecule is CCn1ccnc1CNC(C)c1nc2ccccc2[nH]1.